The molecule has 0 saturated carbocycles. The van der Waals surface area contributed by atoms with E-state index in [9.17, 15) is 19.2 Å². The Labute approximate surface area is 175 Å². The Balaban J connectivity index is 1.28. The average molecular weight is 412 g/mol. The molecule has 3 aliphatic rings. The number of hydrazine groups is 1. The molecule has 2 heterocycles. The summed E-state index contributed by atoms with van der Waals surface area (Å²) in [4.78, 5) is 52.3. The number of nitrogens with one attached hydrogen (secondary N) is 2. The van der Waals surface area contributed by atoms with Gasteiger partial charge in [0.1, 0.15) is 6.54 Å². The van der Waals surface area contributed by atoms with Crippen LogP contribution in [0.1, 0.15) is 49.7 Å². The molecule has 2 saturated heterocycles. The third-order valence-electron chi connectivity index (χ3n) is 6.22. The summed E-state index contributed by atoms with van der Waals surface area (Å²) in [5.41, 5.74) is 8.26. The van der Waals surface area contributed by atoms with E-state index in [1.165, 1.54) is 16.0 Å². The third-order valence-corrected chi connectivity index (χ3v) is 6.22. The van der Waals surface area contributed by atoms with Gasteiger partial charge in [0.05, 0.1) is 5.92 Å². The molecular weight excluding hydrogens is 384 g/mol. The van der Waals surface area contributed by atoms with Gasteiger partial charge in [-0.3, -0.25) is 30.0 Å². The fourth-order valence-corrected chi connectivity index (χ4v) is 4.51. The summed E-state index contributed by atoms with van der Waals surface area (Å²) >= 11 is 0. The number of hydrogen-bond donors (Lipinski definition) is 2. The number of nitrogens with zero attached hydrogens (tertiary/aromatic N) is 2. The van der Waals surface area contributed by atoms with Crippen molar-refractivity contribution in [3.05, 3.63) is 29.3 Å². The first-order chi connectivity index (χ1) is 14.5. The predicted molar refractivity (Wildman–Crippen MR) is 110 cm³/mol. The molecule has 1 atom stereocenters. The molecule has 8 nitrogen and oxygen atoms in total. The number of likely N-dealkylation sites (tertiary alicyclic amines) is 1. The molecule has 4 amide bonds. The van der Waals surface area contributed by atoms with Crippen LogP contribution in [0.4, 0.5) is 5.69 Å². The Hall–Kier alpha value is -2.90. The van der Waals surface area contributed by atoms with E-state index >= 15 is 0 Å². The first-order valence-corrected chi connectivity index (χ1v) is 10.8. The summed E-state index contributed by atoms with van der Waals surface area (Å²) in [6.07, 6.45) is 6.54. The van der Waals surface area contributed by atoms with Crippen LogP contribution in [-0.4, -0.2) is 48.2 Å². The summed E-state index contributed by atoms with van der Waals surface area (Å²) in [7, 11) is 0. The minimum Gasteiger partial charge on any atom is -0.333 e. The highest BCUT2D eigenvalue weighted by Crippen LogP contribution is 2.30. The SMILES string of the molecule is O=C(CN1CCCCCC1=O)NNC(=O)[C@H]1CC(=O)N(c2ccc3c(c2)CCC3)C1. The van der Waals surface area contributed by atoms with E-state index in [2.05, 4.69) is 23.0 Å². The number of rotatable bonds is 4. The van der Waals surface area contributed by atoms with Gasteiger partial charge in [-0.1, -0.05) is 12.5 Å². The fraction of sp³-hybridized carbons (Fsp3) is 0.545. The molecule has 0 spiro atoms. The largest absolute Gasteiger partial charge is 0.333 e. The quantitative estimate of drug-likeness (QED) is 0.723. The van der Waals surface area contributed by atoms with Gasteiger partial charge in [0.2, 0.25) is 17.7 Å². The van der Waals surface area contributed by atoms with E-state index in [0.717, 1.165) is 44.2 Å². The van der Waals surface area contributed by atoms with Crippen molar-refractivity contribution in [3.63, 3.8) is 0 Å². The Bertz CT molecular complexity index is 869. The van der Waals surface area contributed by atoms with Crippen LogP contribution < -0.4 is 15.8 Å². The van der Waals surface area contributed by atoms with Crippen molar-refractivity contribution in [2.75, 3.05) is 24.5 Å². The summed E-state index contributed by atoms with van der Waals surface area (Å²) in [5, 5.41) is 0. The molecule has 8 heteroatoms. The lowest BCUT2D eigenvalue weighted by molar-refractivity contribution is -0.137. The second-order valence-electron chi connectivity index (χ2n) is 8.38. The highest BCUT2D eigenvalue weighted by Gasteiger charge is 2.35. The van der Waals surface area contributed by atoms with Crippen LogP contribution in [0.2, 0.25) is 0 Å². The zero-order valence-corrected chi connectivity index (χ0v) is 17.1. The summed E-state index contributed by atoms with van der Waals surface area (Å²) in [5.74, 6) is -1.46. The molecule has 4 rings (SSSR count). The molecule has 0 radical (unpaired) electrons. The molecule has 1 aliphatic carbocycles. The molecule has 0 aromatic heterocycles. The van der Waals surface area contributed by atoms with Gasteiger partial charge in [0, 0.05) is 31.6 Å². The topological polar surface area (TPSA) is 98.8 Å². The van der Waals surface area contributed by atoms with Crippen LogP contribution in [-0.2, 0) is 32.0 Å². The average Bonchev–Trinajstić information content (AvgIpc) is 3.31. The molecule has 160 valence electrons. The number of aryl methyl sites for hydroxylation is 2. The minimum atomic E-state index is -0.522. The highest BCUT2D eigenvalue weighted by molar-refractivity contribution is 6.00. The lowest BCUT2D eigenvalue weighted by Gasteiger charge is -2.20. The van der Waals surface area contributed by atoms with Crippen molar-refractivity contribution in [1.82, 2.24) is 15.8 Å². The predicted octanol–water partition coefficient (Wildman–Crippen LogP) is 1.08. The monoisotopic (exact) mass is 412 g/mol. The van der Waals surface area contributed by atoms with Gasteiger partial charge in [0.15, 0.2) is 0 Å². The van der Waals surface area contributed by atoms with Crippen molar-refractivity contribution < 1.29 is 19.2 Å². The van der Waals surface area contributed by atoms with Gasteiger partial charge in [-0.2, -0.15) is 0 Å². The van der Waals surface area contributed by atoms with Crippen LogP contribution in [0.15, 0.2) is 18.2 Å². The van der Waals surface area contributed by atoms with E-state index in [1.807, 2.05) is 6.07 Å². The van der Waals surface area contributed by atoms with Gasteiger partial charge in [-0.25, -0.2) is 0 Å². The number of benzene rings is 1. The van der Waals surface area contributed by atoms with Gasteiger partial charge >= 0.3 is 0 Å². The highest BCUT2D eigenvalue weighted by atomic mass is 16.2. The molecule has 1 aromatic carbocycles. The van der Waals surface area contributed by atoms with Crippen molar-refractivity contribution in [2.45, 2.75) is 51.4 Å². The Kier molecular flexibility index (Phi) is 6.01. The van der Waals surface area contributed by atoms with E-state index < -0.39 is 11.8 Å². The Morgan fingerprint density at radius 3 is 2.63 bits per heavy atom. The zero-order valence-electron chi connectivity index (χ0n) is 17.1. The van der Waals surface area contributed by atoms with E-state index in [0.29, 0.717) is 19.5 Å². The maximum atomic E-state index is 12.5. The number of carbonyl (C=O) groups is 4. The first-order valence-electron chi connectivity index (χ1n) is 10.8. The minimum absolute atomic E-state index is 0.0274. The third kappa shape index (κ3) is 4.47. The first kappa shape index (κ1) is 20.4. The van der Waals surface area contributed by atoms with Crippen LogP contribution in [0.3, 0.4) is 0 Å². The van der Waals surface area contributed by atoms with Crippen LogP contribution >= 0.6 is 0 Å². The molecule has 2 N–H and O–H groups in total. The van der Waals surface area contributed by atoms with Crippen LogP contribution in [0.5, 0.6) is 0 Å². The van der Waals surface area contributed by atoms with Crippen molar-refractivity contribution in [1.29, 1.82) is 0 Å². The Morgan fingerprint density at radius 1 is 0.933 bits per heavy atom. The molecule has 0 bridgehead atoms. The van der Waals surface area contributed by atoms with E-state index in [1.54, 1.807) is 4.90 Å². The van der Waals surface area contributed by atoms with Crippen molar-refractivity contribution >= 4 is 29.3 Å². The van der Waals surface area contributed by atoms with E-state index in [-0.39, 0.29) is 30.7 Å². The van der Waals surface area contributed by atoms with Crippen LogP contribution in [0, 0.1) is 5.92 Å². The number of hydrogen-bond acceptors (Lipinski definition) is 4. The molecule has 30 heavy (non-hydrogen) atoms. The van der Waals surface area contributed by atoms with Gasteiger partial charge in [0.25, 0.3) is 5.91 Å². The molecule has 2 fully saturated rings. The molecule has 2 aliphatic heterocycles. The van der Waals surface area contributed by atoms with Gasteiger partial charge < -0.3 is 9.80 Å². The number of fused-ring (bicyclic) bond motifs is 1. The Morgan fingerprint density at radius 2 is 1.77 bits per heavy atom. The number of amides is 4. The lowest BCUT2D eigenvalue weighted by atomic mass is 10.1. The number of anilines is 1. The van der Waals surface area contributed by atoms with Gasteiger partial charge in [-0.15, -0.1) is 0 Å². The standard InChI is InChI=1S/C22H28N4O4/c27-19(14-25-10-3-1-2-7-20(25)28)23-24-22(30)17-12-21(29)26(13-17)18-9-8-15-5-4-6-16(15)11-18/h8-9,11,17H,1-7,10,12-14H2,(H,23,27)(H,24,30)/t17-/m0/s1. The smallest absolute Gasteiger partial charge is 0.257 e. The summed E-state index contributed by atoms with van der Waals surface area (Å²) in [6, 6.07) is 6.07. The molecule has 0 unspecified atom stereocenters. The summed E-state index contributed by atoms with van der Waals surface area (Å²) < 4.78 is 0. The zero-order chi connectivity index (χ0) is 21.1. The molecular formula is C22H28N4O4. The fourth-order valence-electron chi connectivity index (χ4n) is 4.51. The maximum Gasteiger partial charge on any atom is 0.257 e. The number of carbonyl (C=O) groups excluding carboxylic acids is 4. The van der Waals surface area contributed by atoms with Crippen molar-refractivity contribution in [2.24, 2.45) is 5.92 Å². The van der Waals surface area contributed by atoms with Crippen molar-refractivity contribution in [3.8, 4) is 0 Å². The maximum absolute atomic E-state index is 12.5. The molecule has 1 aromatic rings. The summed E-state index contributed by atoms with van der Waals surface area (Å²) in [6.45, 7) is 0.793. The second kappa shape index (κ2) is 8.85. The second-order valence-corrected chi connectivity index (χ2v) is 8.38. The van der Waals surface area contributed by atoms with Crippen LogP contribution in [0.25, 0.3) is 0 Å². The van der Waals surface area contributed by atoms with E-state index in [4.69, 9.17) is 0 Å². The van der Waals surface area contributed by atoms with Gasteiger partial charge in [-0.05, 0) is 55.4 Å². The lowest BCUT2D eigenvalue weighted by Crippen LogP contribution is -2.49. The normalized spacial score (nSPS) is 21.4.